The van der Waals surface area contributed by atoms with Gasteiger partial charge in [0.1, 0.15) is 11.8 Å². The molecule has 0 aromatic heterocycles. The summed E-state index contributed by atoms with van der Waals surface area (Å²) in [4.78, 5) is 38.0. The molecule has 2 rings (SSSR count). The zero-order valence-electron chi connectivity index (χ0n) is 14.9. The van der Waals surface area contributed by atoms with Gasteiger partial charge in [0.2, 0.25) is 5.91 Å². The SMILES string of the molecule is COC(=O)[C@H](CC(C)C)N(C)C(=O)CC1Oc2ccccc2NC1=O. The molecule has 1 unspecified atom stereocenters. The van der Waals surface area contributed by atoms with Gasteiger partial charge in [-0.05, 0) is 24.5 Å². The summed E-state index contributed by atoms with van der Waals surface area (Å²) in [7, 11) is 2.84. The van der Waals surface area contributed by atoms with Crippen LogP contribution in [0.1, 0.15) is 26.7 Å². The molecule has 1 aromatic rings. The maximum Gasteiger partial charge on any atom is 0.328 e. The van der Waals surface area contributed by atoms with E-state index in [0.29, 0.717) is 17.9 Å². The second-order valence-corrected chi connectivity index (χ2v) is 6.47. The molecule has 1 aliphatic rings. The first-order valence-corrected chi connectivity index (χ1v) is 8.23. The van der Waals surface area contributed by atoms with Gasteiger partial charge in [0.15, 0.2) is 6.10 Å². The fourth-order valence-corrected chi connectivity index (χ4v) is 2.70. The number of carbonyl (C=O) groups excluding carboxylic acids is 3. The number of rotatable bonds is 6. The van der Waals surface area contributed by atoms with Crippen LogP contribution in [0.2, 0.25) is 0 Å². The summed E-state index contributed by atoms with van der Waals surface area (Å²) in [6.07, 6.45) is -0.597. The van der Waals surface area contributed by atoms with Crippen molar-refractivity contribution in [2.45, 2.75) is 38.8 Å². The highest BCUT2D eigenvalue weighted by atomic mass is 16.5. The molecule has 1 N–H and O–H groups in total. The second kappa shape index (κ2) is 8.00. The summed E-state index contributed by atoms with van der Waals surface area (Å²) < 4.78 is 10.4. The Morgan fingerprint density at radius 1 is 1.32 bits per heavy atom. The molecular weight excluding hydrogens is 324 g/mol. The van der Waals surface area contributed by atoms with Crippen molar-refractivity contribution in [2.75, 3.05) is 19.5 Å². The van der Waals surface area contributed by atoms with Crippen LogP contribution in [-0.4, -0.2) is 49.0 Å². The molecule has 2 amide bonds. The summed E-state index contributed by atoms with van der Waals surface area (Å²) >= 11 is 0. The first-order valence-electron chi connectivity index (χ1n) is 8.23. The number of nitrogens with one attached hydrogen (secondary N) is 1. The molecule has 7 nitrogen and oxygen atoms in total. The van der Waals surface area contributed by atoms with Crippen LogP contribution in [0.15, 0.2) is 24.3 Å². The van der Waals surface area contributed by atoms with E-state index in [0.717, 1.165) is 0 Å². The van der Waals surface area contributed by atoms with E-state index in [4.69, 9.17) is 9.47 Å². The van der Waals surface area contributed by atoms with Crippen LogP contribution in [-0.2, 0) is 19.1 Å². The molecule has 25 heavy (non-hydrogen) atoms. The Morgan fingerprint density at radius 2 is 2.00 bits per heavy atom. The van der Waals surface area contributed by atoms with Crippen molar-refractivity contribution in [2.24, 2.45) is 5.92 Å². The molecule has 0 radical (unpaired) electrons. The Morgan fingerprint density at radius 3 is 2.64 bits per heavy atom. The lowest BCUT2D eigenvalue weighted by atomic mass is 10.0. The quantitative estimate of drug-likeness (QED) is 0.793. The summed E-state index contributed by atoms with van der Waals surface area (Å²) in [5.41, 5.74) is 0.580. The molecule has 0 saturated carbocycles. The first kappa shape index (κ1) is 18.8. The Labute approximate surface area is 147 Å². The molecule has 0 fully saturated rings. The third kappa shape index (κ3) is 4.49. The summed E-state index contributed by atoms with van der Waals surface area (Å²) in [5.74, 6) is -0.465. The van der Waals surface area contributed by atoms with Crippen LogP contribution in [0.25, 0.3) is 0 Å². The minimum atomic E-state index is -0.929. The lowest BCUT2D eigenvalue weighted by Gasteiger charge is -2.30. The highest BCUT2D eigenvalue weighted by Gasteiger charge is 2.34. The molecule has 2 atom stereocenters. The van der Waals surface area contributed by atoms with Gasteiger partial charge in [-0.2, -0.15) is 0 Å². The number of likely N-dealkylation sites (N-methyl/N-ethyl adjacent to an activating group) is 1. The third-order valence-corrected chi connectivity index (χ3v) is 4.10. The molecule has 0 aliphatic carbocycles. The smallest absolute Gasteiger partial charge is 0.328 e. The lowest BCUT2D eigenvalue weighted by molar-refractivity contribution is -0.153. The Balaban J connectivity index is 2.07. The number of ether oxygens (including phenoxy) is 2. The Hall–Kier alpha value is -2.57. The average Bonchev–Trinajstić information content (AvgIpc) is 2.58. The van der Waals surface area contributed by atoms with Gasteiger partial charge in [-0.25, -0.2) is 4.79 Å². The van der Waals surface area contributed by atoms with Crippen LogP contribution in [0, 0.1) is 5.92 Å². The van der Waals surface area contributed by atoms with E-state index < -0.39 is 18.1 Å². The molecule has 1 heterocycles. The van der Waals surface area contributed by atoms with Crippen molar-refractivity contribution in [3.8, 4) is 5.75 Å². The van der Waals surface area contributed by atoms with Crippen molar-refractivity contribution in [1.29, 1.82) is 0 Å². The number of para-hydroxylation sites is 2. The maximum atomic E-state index is 12.6. The van der Waals surface area contributed by atoms with E-state index in [1.54, 1.807) is 31.3 Å². The number of hydrogen-bond acceptors (Lipinski definition) is 5. The fraction of sp³-hybridized carbons (Fsp3) is 0.500. The summed E-state index contributed by atoms with van der Waals surface area (Å²) in [6, 6.07) is 6.35. The number of nitrogens with zero attached hydrogens (tertiary/aromatic N) is 1. The minimum Gasteiger partial charge on any atom is -0.478 e. The van der Waals surface area contributed by atoms with Gasteiger partial charge in [-0.15, -0.1) is 0 Å². The standard InChI is InChI=1S/C18H24N2O5/c1-11(2)9-13(18(23)24-4)20(3)16(21)10-15-17(22)19-12-7-5-6-8-14(12)25-15/h5-8,11,13,15H,9-10H2,1-4H3,(H,19,22)/t13-,15?/m0/s1. The van der Waals surface area contributed by atoms with Gasteiger partial charge < -0.3 is 19.7 Å². The van der Waals surface area contributed by atoms with Crippen molar-refractivity contribution in [3.63, 3.8) is 0 Å². The van der Waals surface area contributed by atoms with E-state index in [2.05, 4.69) is 5.32 Å². The van der Waals surface area contributed by atoms with Crippen molar-refractivity contribution < 1.29 is 23.9 Å². The largest absolute Gasteiger partial charge is 0.478 e. The van der Waals surface area contributed by atoms with Crippen LogP contribution in [0.3, 0.4) is 0 Å². The minimum absolute atomic E-state index is 0.151. The van der Waals surface area contributed by atoms with E-state index in [1.807, 2.05) is 13.8 Å². The molecule has 7 heteroatoms. The lowest BCUT2D eigenvalue weighted by Crippen LogP contribution is -2.47. The first-order chi connectivity index (χ1) is 11.8. The zero-order valence-corrected chi connectivity index (χ0v) is 14.9. The van der Waals surface area contributed by atoms with Gasteiger partial charge in [0.05, 0.1) is 19.2 Å². The molecule has 136 valence electrons. The van der Waals surface area contributed by atoms with Gasteiger partial charge in [0, 0.05) is 7.05 Å². The average molecular weight is 348 g/mol. The van der Waals surface area contributed by atoms with Crippen molar-refractivity contribution >= 4 is 23.5 Å². The predicted octanol–water partition coefficient (Wildman–Crippen LogP) is 1.82. The number of methoxy groups -OCH3 is 1. The molecule has 1 aromatic carbocycles. The highest BCUT2D eigenvalue weighted by Crippen LogP contribution is 2.29. The number of hydrogen-bond donors (Lipinski definition) is 1. The maximum absolute atomic E-state index is 12.6. The zero-order chi connectivity index (χ0) is 18.6. The van der Waals surface area contributed by atoms with E-state index in [-0.39, 0.29) is 24.2 Å². The Bertz CT molecular complexity index is 659. The number of anilines is 1. The van der Waals surface area contributed by atoms with E-state index >= 15 is 0 Å². The summed E-state index contributed by atoms with van der Waals surface area (Å²) in [6.45, 7) is 3.92. The normalized spacial score (nSPS) is 17.2. The molecular formula is C18H24N2O5. The molecule has 0 bridgehead atoms. The second-order valence-electron chi connectivity index (χ2n) is 6.47. The van der Waals surface area contributed by atoms with Crippen molar-refractivity contribution in [1.82, 2.24) is 4.90 Å². The third-order valence-electron chi connectivity index (χ3n) is 4.10. The molecule has 1 aliphatic heterocycles. The predicted molar refractivity (Wildman–Crippen MR) is 92.1 cm³/mol. The van der Waals surface area contributed by atoms with E-state index in [9.17, 15) is 14.4 Å². The van der Waals surface area contributed by atoms with Crippen LogP contribution >= 0.6 is 0 Å². The number of benzene rings is 1. The number of fused-ring (bicyclic) bond motifs is 1. The van der Waals surface area contributed by atoms with Gasteiger partial charge in [0.25, 0.3) is 5.91 Å². The van der Waals surface area contributed by atoms with Crippen LogP contribution in [0.5, 0.6) is 5.75 Å². The monoisotopic (exact) mass is 348 g/mol. The highest BCUT2D eigenvalue weighted by molar-refractivity contribution is 6.00. The number of carbonyl (C=O) groups is 3. The molecule has 0 spiro atoms. The Kier molecular flexibility index (Phi) is 6.01. The fourth-order valence-electron chi connectivity index (χ4n) is 2.70. The summed E-state index contributed by atoms with van der Waals surface area (Å²) in [5, 5.41) is 2.72. The number of amides is 2. The van der Waals surface area contributed by atoms with Crippen LogP contribution in [0.4, 0.5) is 5.69 Å². The van der Waals surface area contributed by atoms with Crippen molar-refractivity contribution in [3.05, 3.63) is 24.3 Å². The van der Waals surface area contributed by atoms with Gasteiger partial charge in [-0.3, -0.25) is 9.59 Å². The van der Waals surface area contributed by atoms with Gasteiger partial charge in [-0.1, -0.05) is 26.0 Å². The van der Waals surface area contributed by atoms with Gasteiger partial charge >= 0.3 is 5.97 Å². The topological polar surface area (TPSA) is 84.9 Å². The van der Waals surface area contributed by atoms with Crippen LogP contribution < -0.4 is 10.1 Å². The van der Waals surface area contributed by atoms with E-state index in [1.165, 1.54) is 12.0 Å². The molecule has 0 saturated heterocycles. The number of esters is 1.